The van der Waals surface area contributed by atoms with Gasteiger partial charge in [-0.2, -0.15) is 0 Å². The van der Waals surface area contributed by atoms with E-state index >= 15 is 0 Å². The summed E-state index contributed by atoms with van der Waals surface area (Å²) in [7, 11) is 0. The van der Waals surface area contributed by atoms with E-state index in [1.807, 2.05) is 50.2 Å². The maximum absolute atomic E-state index is 12.1. The van der Waals surface area contributed by atoms with Crippen LogP contribution in [-0.4, -0.2) is 17.4 Å². The molecule has 0 aliphatic carbocycles. The summed E-state index contributed by atoms with van der Waals surface area (Å²) in [4.78, 5) is 16.3. The molecule has 0 aliphatic heterocycles. The van der Waals surface area contributed by atoms with Crippen molar-refractivity contribution in [3.8, 4) is 0 Å². The van der Waals surface area contributed by atoms with E-state index in [-0.39, 0.29) is 11.9 Å². The fourth-order valence-corrected chi connectivity index (χ4v) is 1.93. The summed E-state index contributed by atoms with van der Waals surface area (Å²) in [6.45, 7) is 4.81. The summed E-state index contributed by atoms with van der Waals surface area (Å²) in [5.74, 6) is -0.163. The number of pyridine rings is 1. The maximum Gasteiger partial charge on any atom is 0.270 e. The number of nitrogens with one attached hydrogen (secondary N) is 2. The van der Waals surface area contributed by atoms with Gasteiger partial charge in [0.05, 0.1) is 17.9 Å². The second-order valence-electron chi connectivity index (χ2n) is 4.57. The number of anilines is 1. The summed E-state index contributed by atoms with van der Waals surface area (Å²) in [5.41, 5.74) is 2.42. The lowest BCUT2D eigenvalue weighted by molar-refractivity contribution is 0.0935. The van der Waals surface area contributed by atoms with Crippen LogP contribution in [-0.2, 0) is 0 Å². The largest absolute Gasteiger partial charge is 0.384 e. The Labute approximate surface area is 119 Å². The minimum absolute atomic E-state index is 0.0426. The molecular formula is C16H19N3O. The number of carbonyl (C=O) groups excluding carboxylic acids is 1. The number of carbonyl (C=O) groups is 1. The Morgan fingerprint density at radius 2 is 1.95 bits per heavy atom. The fraction of sp³-hybridized carbons (Fsp3) is 0.250. The van der Waals surface area contributed by atoms with Crippen molar-refractivity contribution < 1.29 is 4.79 Å². The Bertz CT molecular complexity index is 552. The number of hydrogen-bond acceptors (Lipinski definition) is 3. The zero-order chi connectivity index (χ0) is 14.4. The molecule has 0 aliphatic rings. The molecule has 0 saturated heterocycles. The molecule has 4 nitrogen and oxygen atoms in total. The van der Waals surface area contributed by atoms with Crippen molar-refractivity contribution in [1.29, 1.82) is 0 Å². The summed E-state index contributed by atoms with van der Waals surface area (Å²) >= 11 is 0. The molecule has 1 unspecified atom stereocenters. The summed E-state index contributed by atoms with van der Waals surface area (Å²) < 4.78 is 0. The zero-order valence-corrected chi connectivity index (χ0v) is 11.8. The van der Waals surface area contributed by atoms with E-state index in [9.17, 15) is 4.79 Å². The average molecular weight is 269 g/mol. The van der Waals surface area contributed by atoms with Crippen molar-refractivity contribution in [2.45, 2.75) is 19.9 Å². The molecule has 0 spiro atoms. The Morgan fingerprint density at radius 3 is 2.55 bits per heavy atom. The highest BCUT2D eigenvalue weighted by Gasteiger charge is 2.12. The molecule has 1 atom stereocenters. The van der Waals surface area contributed by atoms with E-state index < -0.39 is 0 Å². The van der Waals surface area contributed by atoms with Crippen LogP contribution in [0.3, 0.4) is 0 Å². The molecule has 2 rings (SSSR count). The average Bonchev–Trinajstić information content (AvgIpc) is 2.49. The topological polar surface area (TPSA) is 54.0 Å². The third-order valence-corrected chi connectivity index (χ3v) is 3.02. The predicted octanol–water partition coefficient (Wildman–Crippen LogP) is 3.00. The van der Waals surface area contributed by atoms with Gasteiger partial charge in [-0.1, -0.05) is 30.3 Å². The minimum atomic E-state index is -0.163. The lowest BCUT2D eigenvalue weighted by Gasteiger charge is -2.14. The summed E-state index contributed by atoms with van der Waals surface area (Å²) in [5, 5.41) is 6.09. The van der Waals surface area contributed by atoms with Crippen molar-refractivity contribution in [3.05, 3.63) is 59.9 Å². The molecular weight excluding hydrogens is 250 g/mol. The van der Waals surface area contributed by atoms with Crippen molar-refractivity contribution in [3.63, 3.8) is 0 Å². The van der Waals surface area contributed by atoms with Crippen molar-refractivity contribution in [2.75, 3.05) is 11.9 Å². The van der Waals surface area contributed by atoms with Crippen LogP contribution in [0, 0.1) is 0 Å². The van der Waals surface area contributed by atoms with Gasteiger partial charge in [0, 0.05) is 6.54 Å². The SMILES string of the molecule is CCNc1ccc(C(=O)NC(C)c2ccccc2)nc1. The van der Waals surface area contributed by atoms with Gasteiger partial charge in [-0.05, 0) is 31.5 Å². The number of aromatic nitrogens is 1. The van der Waals surface area contributed by atoms with Crippen LogP contribution in [0.5, 0.6) is 0 Å². The van der Waals surface area contributed by atoms with Gasteiger partial charge in [-0.3, -0.25) is 4.79 Å². The van der Waals surface area contributed by atoms with Crippen LogP contribution >= 0.6 is 0 Å². The third-order valence-electron chi connectivity index (χ3n) is 3.02. The van der Waals surface area contributed by atoms with Crippen LogP contribution in [0.2, 0.25) is 0 Å². The van der Waals surface area contributed by atoms with Crippen LogP contribution in [0.4, 0.5) is 5.69 Å². The quantitative estimate of drug-likeness (QED) is 0.877. The van der Waals surface area contributed by atoms with Gasteiger partial charge in [-0.15, -0.1) is 0 Å². The number of amides is 1. The smallest absolute Gasteiger partial charge is 0.270 e. The van der Waals surface area contributed by atoms with Crippen molar-refractivity contribution >= 4 is 11.6 Å². The molecule has 0 bridgehead atoms. The molecule has 0 saturated carbocycles. The number of benzene rings is 1. The van der Waals surface area contributed by atoms with E-state index in [1.54, 1.807) is 12.3 Å². The number of hydrogen-bond donors (Lipinski definition) is 2. The molecule has 0 fully saturated rings. The first-order valence-corrected chi connectivity index (χ1v) is 6.76. The van der Waals surface area contributed by atoms with Crippen molar-refractivity contribution in [2.24, 2.45) is 0 Å². The highest BCUT2D eigenvalue weighted by atomic mass is 16.1. The van der Waals surface area contributed by atoms with Gasteiger partial charge in [0.2, 0.25) is 0 Å². The molecule has 104 valence electrons. The normalized spacial score (nSPS) is 11.7. The monoisotopic (exact) mass is 269 g/mol. The van der Waals surface area contributed by atoms with Crippen LogP contribution in [0.25, 0.3) is 0 Å². The van der Waals surface area contributed by atoms with Gasteiger partial charge in [-0.25, -0.2) is 4.98 Å². The molecule has 1 aromatic heterocycles. The zero-order valence-electron chi connectivity index (χ0n) is 11.8. The molecule has 1 aromatic carbocycles. The fourth-order valence-electron chi connectivity index (χ4n) is 1.93. The van der Waals surface area contributed by atoms with E-state index in [1.165, 1.54) is 0 Å². The van der Waals surface area contributed by atoms with E-state index in [0.717, 1.165) is 17.8 Å². The van der Waals surface area contributed by atoms with Crippen LogP contribution in [0.15, 0.2) is 48.7 Å². The van der Waals surface area contributed by atoms with E-state index in [0.29, 0.717) is 5.69 Å². The maximum atomic E-state index is 12.1. The Morgan fingerprint density at radius 1 is 1.20 bits per heavy atom. The highest BCUT2D eigenvalue weighted by molar-refractivity contribution is 5.92. The molecule has 1 heterocycles. The standard InChI is InChI=1S/C16H19N3O/c1-3-17-14-9-10-15(18-11-14)16(20)19-12(2)13-7-5-4-6-8-13/h4-12,17H,3H2,1-2H3,(H,19,20). The minimum Gasteiger partial charge on any atom is -0.384 e. The molecule has 4 heteroatoms. The first-order chi connectivity index (χ1) is 9.70. The van der Waals surface area contributed by atoms with Crippen molar-refractivity contribution in [1.82, 2.24) is 10.3 Å². The third kappa shape index (κ3) is 3.57. The first-order valence-electron chi connectivity index (χ1n) is 6.76. The number of rotatable bonds is 5. The van der Waals surface area contributed by atoms with Gasteiger partial charge in [0.25, 0.3) is 5.91 Å². The van der Waals surface area contributed by atoms with Crippen LogP contribution < -0.4 is 10.6 Å². The van der Waals surface area contributed by atoms with E-state index in [4.69, 9.17) is 0 Å². The second-order valence-corrected chi connectivity index (χ2v) is 4.57. The van der Waals surface area contributed by atoms with E-state index in [2.05, 4.69) is 15.6 Å². The van der Waals surface area contributed by atoms with Gasteiger partial charge in [0.1, 0.15) is 5.69 Å². The molecule has 2 N–H and O–H groups in total. The lowest BCUT2D eigenvalue weighted by Crippen LogP contribution is -2.27. The van der Waals surface area contributed by atoms with Gasteiger partial charge in [0.15, 0.2) is 0 Å². The van der Waals surface area contributed by atoms with Gasteiger partial charge >= 0.3 is 0 Å². The first kappa shape index (κ1) is 14.1. The molecule has 2 aromatic rings. The molecule has 20 heavy (non-hydrogen) atoms. The van der Waals surface area contributed by atoms with Crippen LogP contribution in [0.1, 0.15) is 35.9 Å². The highest BCUT2D eigenvalue weighted by Crippen LogP contribution is 2.12. The Balaban J connectivity index is 2.01. The Hall–Kier alpha value is -2.36. The molecule has 1 amide bonds. The Kier molecular flexibility index (Phi) is 4.71. The second kappa shape index (κ2) is 6.70. The lowest BCUT2D eigenvalue weighted by atomic mass is 10.1. The predicted molar refractivity (Wildman–Crippen MR) is 80.7 cm³/mol. The summed E-state index contributed by atoms with van der Waals surface area (Å²) in [6.07, 6.45) is 1.67. The number of nitrogens with zero attached hydrogens (tertiary/aromatic N) is 1. The van der Waals surface area contributed by atoms with Gasteiger partial charge < -0.3 is 10.6 Å². The molecule has 0 radical (unpaired) electrons. The summed E-state index contributed by atoms with van der Waals surface area (Å²) in [6, 6.07) is 13.4.